The Hall–Kier alpha value is -2.00. The summed E-state index contributed by atoms with van der Waals surface area (Å²) in [5.41, 5.74) is 0.955. The van der Waals surface area contributed by atoms with Crippen LogP contribution in [0.1, 0.15) is 50.7 Å². The molecule has 0 spiro atoms. The van der Waals surface area contributed by atoms with E-state index in [-0.39, 0.29) is 31.3 Å². The van der Waals surface area contributed by atoms with Crippen molar-refractivity contribution in [3.63, 3.8) is 0 Å². The van der Waals surface area contributed by atoms with E-state index in [1.54, 1.807) is 24.3 Å². The third kappa shape index (κ3) is 7.61. The van der Waals surface area contributed by atoms with Crippen LogP contribution < -0.4 is 21.1 Å². The van der Waals surface area contributed by atoms with E-state index in [1.165, 1.54) is 24.3 Å². The molecule has 0 unspecified atom stereocenters. The first-order valence-corrected chi connectivity index (χ1v) is 7.85. The minimum absolute atomic E-state index is 0. The largest absolute Gasteiger partial charge is 2.00 e. The first-order valence-electron chi connectivity index (χ1n) is 7.85. The molecule has 2 aromatic rings. The molecule has 4 nitrogen and oxygen atoms in total. The zero-order valence-electron chi connectivity index (χ0n) is 15.1. The zero-order valence-corrected chi connectivity index (χ0v) is 18.1. The standard InChI is InChI=1S/2C10H12O2.Zn/c2*1-7(2)8-4-3-5-9(11)10(12)6-8;/h2*3-7H,1-2H3,(H,11,12);/q;;+2/p-2. The van der Waals surface area contributed by atoms with Crippen molar-refractivity contribution < 1.29 is 29.7 Å². The van der Waals surface area contributed by atoms with Crippen molar-refractivity contribution in [2.75, 3.05) is 0 Å². The maximum absolute atomic E-state index is 11.0. The van der Waals surface area contributed by atoms with Crippen molar-refractivity contribution in [1.29, 1.82) is 0 Å². The van der Waals surface area contributed by atoms with Gasteiger partial charge in [0.25, 0.3) is 0 Å². The molecule has 128 valence electrons. The van der Waals surface area contributed by atoms with Gasteiger partial charge in [-0.3, -0.25) is 9.59 Å². The molecule has 0 amide bonds. The Morgan fingerprint density at radius 1 is 0.680 bits per heavy atom. The van der Waals surface area contributed by atoms with E-state index in [1.807, 2.05) is 27.7 Å². The molecule has 5 heteroatoms. The second-order valence-corrected chi connectivity index (χ2v) is 6.11. The van der Waals surface area contributed by atoms with Crippen molar-refractivity contribution >= 4 is 0 Å². The third-order valence-corrected chi connectivity index (χ3v) is 3.49. The van der Waals surface area contributed by atoms with Crippen LogP contribution >= 0.6 is 0 Å². The van der Waals surface area contributed by atoms with Crippen LogP contribution in [0.4, 0.5) is 0 Å². The summed E-state index contributed by atoms with van der Waals surface area (Å²) in [6, 6.07) is 12.3. The van der Waals surface area contributed by atoms with Crippen LogP contribution in [0.15, 0.2) is 58.1 Å². The summed E-state index contributed by atoms with van der Waals surface area (Å²) in [7, 11) is 0. The second kappa shape index (κ2) is 10.8. The van der Waals surface area contributed by atoms with Gasteiger partial charge in [-0.25, -0.2) is 0 Å². The Bertz CT molecular complexity index is 733. The molecule has 0 fully saturated rings. The molecule has 0 atom stereocenters. The van der Waals surface area contributed by atoms with Crippen LogP contribution in [0.25, 0.3) is 0 Å². The molecule has 25 heavy (non-hydrogen) atoms. The summed E-state index contributed by atoms with van der Waals surface area (Å²) in [6.07, 6.45) is 0. The fraction of sp³-hybridized carbons (Fsp3) is 0.300. The van der Waals surface area contributed by atoms with Crippen molar-refractivity contribution in [1.82, 2.24) is 0 Å². The maximum Gasteiger partial charge on any atom is 2.00 e. The van der Waals surface area contributed by atoms with Gasteiger partial charge >= 0.3 is 19.5 Å². The van der Waals surface area contributed by atoms with Crippen LogP contribution in [0.3, 0.4) is 0 Å². The molecule has 0 aliphatic rings. The number of rotatable bonds is 2. The maximum atomic E-state index is 11.0. The average molecular weight is 392 g/mol. The van der Waals surface area contributed by atoms with Crippen LogP contribution in [-0.2, 0) is 19.5 Å². The Balaban J connectivity index is 0.000000443. The minimum Gasteiger partial charge on any atom is -0.870 e. The van der Waals surface area contributed by atoms with Gasteiger partial charge < -0.3 is 10.2 Å². The van der Waals surface area contributed by atoms with E-state index in [4.69, 9.17) is 0 Å². The first-order chi connectivity index (χ1) is 11.2. The molecular weight excluding hydrogens is 370 g/mol. The van der Waals surface area contributed by atoms with E-state index in [0.717, 1.165) is 11.1 Å². The predicted molar refractivity (Wildman–Crippen MR) is 92.5 cm³/mol. The van der Waals surface area contributed by atoms with Gasteiger partial charge in [-0.1, -0.05) is 75.6 Å². The van der Waals surface area contributed by atoms with E-state index >= 15 is 0 Å². The molecular formula is C20H22O4Zn. The Kier molecular flexibility index (Phi) is 9.92. The molecule has 0 saturated carbocycles. The summed E-state index contributed by atoms with van der Waals surface area (Å²) in [5.74, 6) is -0.321. The Morgan fingerprint density at radius 3 is 1.28 bits per heavy atom. The quantitative estimate of drug-likeness (QED) is 0.737. The smallest absolute Gasteiger partial charge is 0.870 e. The monoisotopic (exact) mass is 390 g/mol. The topological polar surface area (TPSA) is 80.3 Å². The molecule has 0 radical (unpaired) electrons. The van der Waals surface area contributed by atoms with E-state index in [9.17, 15) is 19.8 Å². The van der Waals surface area contributed by atoms with E-state index in [0.29, 0.717) is 0 Å². The Labute approximate surface area is 160 Å². The number of hydrogen-bond acceptors (Lipinski definition) is 4. The summed E-state index contributed by atoms with van der Waals surface area (Å²) in [5, 5.41) is 21.8. The van der Waals surface area contributed by atoms with Gasteiger partial charge in [-0.2, -0.15) is 0 Å². The van der Waals surface area contributed by atoms with Crippen molar-refractivity contribution in [2.24, 2.45) is 0 Å². The van der Waals surface area contributed by atoms with Gasteiger partial charge in [0.2, 0.25) is 0 Å². The number of hydrogen-bond donors (Lipinski definition) is 0. The molecule has 0 saturated heterocycles. The molecule has 2 aromatic carbocycles. The molecule has 0 aliphatic carbocycles. The summed E-state index contributed by atoms with van der Waals surface area (Å²) in [6.45, 7) is 7.94. The second-order valence-electron chi connectivity index (χ2n) is 6.11. The van der Waals surface area contributed by atoms with Crippen LogP contribution in [-0.4, -0.2) is 0 Å². The van der Waals surface area contributed by atoms with Gasteiger partial charge in [-0.15, -0.1) is 0 Å². The average Bonchev–Trinajstić information content (AvgIpc) is 2.78. The summed E-state index contributed by atoms with van der Waals surface area (Å²) >= 11 is 0. The zero-order chi connectivity index (χ0) is 18.3. The molecule has 0 bridgehead atoms. The van der Waals surface area contributed by atoms with Gasteiger partial charge in [0.1, 0.15) is 0 Å². The first kappa shape index (κ1) is 23.0. The van der Waals surface area contributed by atoms with Crippen LogP contribution in [0.5, 0.6) is 11.5 Å². The fourth-order valence-corrected chi connectivity index (χ4v) is 1.92. The Morgan fingerprint density at radius 2 is 1.00 bits per heavy atom. The van der Waals surface area contributed by atoms with Gasteiger partial charge in [0.15, 0.2) is 10.9 Å². The minimum atomic E-state index is -0.443. The van der Waals surface area contributed by atoms with Gasteiger partial charge in [-0.05, 0) is 35.1 Å². The van der Waals surface area contributed by atoms with Crippen molar-refractivity contribution in [3.8, 4) is 11.5 Å². The predicted octanol–water partition coefficient (Wildman–Crippen LogP) is 2.49. The molecule has 0 N–H and O–H groups in total. The fourth-order valence-electron chi connectivity index (χ4n) is 1.92. The SMILES string of the molecule is CC(C)c1cccc([O-])c(=O)c1.CC(C)c1cccc([O-])c(=O)c1.[Zn+2]. The van der Waals surface area contributed by atoms with Crippen LogP contribution in [0.2, 0.25) is 0 Å². The van der Waals surface area contributed by atoms with E-state index < -0.39 is 22.4 Å². The summed E-state index contributed by atoms with van der Waals surface area (Å²) < 4.78 is 0. The van der Waals surface area contributed by atoms with Crippen LogP contribution in [0, 0.1) is 0 Å². The molecule has 0 aliphatic heterocycles. The normalized spacial score (nSPS) is 9.84. The van der Waals surface area contributed by atoms with Gasteiger partial charge in [0.05, 0.1) is 0 Å². The third-order valence-electron chi connectivity index (χ3n) is 3.49. The molecule has 2 rings (SSSR count). The van der Waals surface area contributed by atoms with E-state index in [2.05, 4.69) is 0 Å². The molecule has 0 aromatic heterocycles. The van der Waals surface area contributed by atoms with Crippen molar-refractivity contribution in [2.45, 2.75) is 39.5 Å². The summed E-state index contributed by atoms with van der Waals surface area (Å²) in [4.78, 5) is 22.1. The van der Waals surface area contributed by atoms with Crippen molar-refractivity contribution in [3.05, 3.63) is 80.1 Å². The molecule has 0 heterocycles. The van der Waals surface area contributed by atoms with Gasteiger partial charge in [0, 0.05) is 0 Å².